The van der Waals surface area contributed by atoms with Gasteiger partial charge in [-0.2, -0.15) is 36.8 Å². The number of nitrogens with one attached hydrogen (secondary N) is 2. The molecule has 13 heteroatoms. The fourth-order valence-corrected chi connectivity index (χ4v) is 1.88. The van der Waals surface area contributed by atoms with E-state index in [1.54, 1.807) is 0 Å². The Morgan fingerprint density at radius 2 is 1.82 bits per heavy atom. The first kappa shape index (κ1) is 21.6. The van der Waals surface area contributed by atoms with E-state index in [4.69, 9.17) is 0 Å². The van der Waals surface area contributed by atoms with Crippen molar-refractivity contribution in [1.82, 2.24) is 20.9 Å². The third kappa shape index (κ3) is 6.49. The highest BCUT2D eigenvalue weighted by Crippen LogP contribution is 2.29. The second kappa shape index (κ2) is 8.56. The highest BCUT2D eigenvalue weighted by Gasteiger charge is 2.38. The average molecular weight is 412 g/mol. The second-order valence-electron chi connectivity index (χ2n) is 5.63. The van der Waals surface area contributed by atoms with E-state index in [1.807, 2.05) is 0 Å². The lowest BCUT2D eigenvalue weighted by molar-refractivity contribution is -0.192. The molecule has 28 heavy (non-hydrogen) atoms. The Morgan fingerprint density at radius 1 is 1.18 bits per heavy atom. The van der Waals surface area contributed by atoms with Crippen molar-refractivity contribution in [3.05, 3.63) is 35.7 Å². The maximum atomic E-state index is 12.5. The molecule has 1 atom stereocenters. The standard InChI is InChI=1S/C15H14F6N4O3/c1-8(24-27-7-14(16,17)18)6-22-12(26)10-4-2-9(3-5-10)11-23-13(28-25-11)15(19,20)21/h2-5,8,24H,6-7H2,1H3,(H,22,26). The van der Waals surface area contributed by atoms with Crippen LogP contribution in [0.25, 0.3) is 11.4 Å². The van der Waals surface area contributed by atoms with Gasteiger partial charge in [-0.25, -0.2) is 0 Å². The Kier molecular flexibility index (Phi) is 6.61. The predicted octanol–water partition coefficient (Wildman–Crippen LogP) is 2.96. The maximum Gasteiger partial charge on any atom is 0.471 e. The summed E-state index contributed by atoms with van der Waals surface area (Å²) in [4.78, 5) is 19.5. The SMILES string of the molecule is CC(CNC(=O)c1ccc(-c2noc(C(F)(F)F)n2)cc1)NOCC(F)(F)F. The van der Waals surface area contributed by atoms with Gasteiger partial charge in [-0.05, 0) is 19.1 Å². The minimum absolute atomic E-state index is 0.0295. The summed E-state index contributed by atoms with van der Waals surface area (Å²) in [5, 5.41) is 5.69. The summed E-state index contributed by atoms with van der Waals surface area (Å²) in [7, 11) is 0. The molecule has 2 rings (SSSR count). The summed E-state index contributed by atoms with van der Waals surface area (Å²) in [6.45, 7) is -0.00859. The number of carbonyl (C=O) groups excluding carboxylic acids is 1. The zero-order valence-electron chi connectivity index (χ0n) is 14.2. The number of hydroxylamine groups is 1. The monoisotopic (exact) mass is 412 g/mol. The quantitative estimate of drug-likeness (QED) is 0.537. The molecule has 7 nitrogen and oxygen atoms in total. The molecule has 1 amide bonds. The highest BCUT2D eigenvalue weighted by molar-refractivity contribution is 5.94. The van der Waals surface area contributed by atoms with E-state index >= 15 is 0 Å². The van der Waals surface area contributed by atoms with Gasteiger partial charge in [0, 0.05) is 23.7 Å². The van der Waals surface area contributed by atoms with Crippen LogP contribution < -0.4 is 10.8 Å². The molecule has 0 radical (unpaired) electrons. The number of nitrogens with zero attached hydrogens (tertiary/aromatic N) is 2. The Labute approximate surface area is 154 Å². The number of benzene rings is 1. The molecule has 2 aromatic rings. The predicted molar refractivity (Wildman–Crippen MR) is 81.7 cm³/mol. The average Bonchev–Trinajstić information content (AvgIpc) is 3.09. The van der Waals surface area contributed by atoms with Crippen molar-refractivity contribution in [2.45, 2.75) is 25.3 Å². The molecule has 0 spiro atoms. The van der Waals surface area contributed by atoms with E-state index in [1.165, 1.54) is 31.2 Å². The molecule has 1 aromatic heterocycles. The molecule has 0 saturated carbocycles. The van der Waals surface area contributed by atoms with Crippen molar-refractivity contribution in [1.29, 1.82) is 0 Å². The van der Waals surface area contributed by atoms with Crippen LogP contribution in [0.2, 0.25) is 0 Å². The zero-order chi connectivity index (χ0) is 20.9. The summed E-state index contributed by atoms with van der Waals surface area (Å²) < 4.78 is 77.3. The Bertz CT molecular complexity index is 788. The molecule has 154 valence electrons. The first-order valence-corrected chi connectivity index (χ1v) is 7.69. The molecule has 0 saturated heterocycles. The van der Waals surface area contributed by atoms with Crippen LogP contribution in [0.5, 0.6) is 0 Å². The highest BCUT2D eigenvalue weighted by atomic mass is 19.4. The van der Waals surface area contributed by atoms with Gasteiger partial charge in [0.05, 0.1) is 0 Å². The summed E-state index contributed by atoms with van der Waals surface area (Å²) in [6, 6.07) is 4.70. The van der Waals surface area contributed by atoms with E-state index in [0.717, 1.165) is 0 Å². The third-order valence-corrected chi connectivity index (χ3v) is 3.16. The van der Waals surface area contributed by atoms with Gasteiger partial charge in [-0.15, -0.1) is 0 Å². The van der Waals surface area contributed by atoms with Crippen LogP contribution in [-0.4, -0.2) is 41.4 Å². The van der Waals surface area contributed by atoms with Crippen LogP contribution in [0.15, 0.2) is 28.8 Å². The Balaban J connectivity index is 1.87. The molecule has 0 bridgehead atoms. The smallest absolute Gasteiger partial charge is 0.350 e. The molecule has 0 aliphatic carbocycles. The number of halogens is 6. The fourth-order valence-electron chi connectivity index (χ4n) is 1.88. The molecule has 1 aromatic carbocycles. The molecular weight excluding hydrogens is 398 g/mol. The van der Waals surface area contributed by atoms with Crippen LogP contribution >= 0.6 is 0 Å². The normalized spacial score (nSPS) is 13.4. The van der Waals surface area contributed by atoms with Gasteiger partial charge in [-0.3, -0.25) is 9.63 Å². The molecular formula is C15H14F6N4O3. The van der Waals surface area contributed by atoms with E-state index in [2.05, 4.69) is 30.3 Å². The lowest BCUT2D eigenvalue weighted by Crippen LogP contribution is -2.40. The molecule has 0 aliphatic rings. The van der Waals surface area contributed by atoms with Gasteiger partial charge in [0.1, 0.15) is 0 Å². The summed E-state index contributed by atoms with van der Waals surface area (Å²) in [5.41, 5.74) is 2.51. The van der Waals surface area contributed by atoms with Gasteiger partial charge < -0.3 is 9.84 Å². The second-order valence-corrected chi connectivity index (χ2v) is 5.63. The van der Waals surface area contributed by atoms with E-state index in [9.17, 15) is 31.1 Å². The van der Waals surface area contributed by atoms with Crippen LogP contribution in [0.1, 0.15) is 23.2 Å². The fraction of sp³-hybridized carbons (Fsp3) is 0.400. The molecule has 1 heterocycles. The number of aromatic nitrogens is 2. The maximum absolute atomic E-state index is 12.5. The van der Waals surface area contributed by atoms with E-state index < -0.39 is 36.8 Å². The van der Waals surface area contributed by atoms with Crippen molar-refractivity contribution in [3.8, 4) is 11.4 Å². The Morgan fingerprint density at radius 3 is 2.36 bits per heavy atom. The summed E-state index contributed by atoms with van der Waals surface area (Å²) in [5.74, 6) is -2.32. The number of alkyl halides is 6. The molecule has 2 N–H and O–H groups in total. The first-order valence-electron chi connectivity index (χ1n) is 7.69. The number of carbonyl (C=O) groups is 1. The molecule has 0 fully saturated rings. The number of amides is 1. The van der Waals surface area contributed by atoms with Gasteiger partial charge in [0.2, 0.25) is 5.82 Å². The first-order chi connectivity index (χ1) is 13.0. The number of rotatable bonds is 7. The lowest BCUT2D eigenvalue weighted by atomic mass is 10.1. The van der Waals surface area contributed by atoms with Gasteiger partial charge in [0.15, 0.2) is 6.61 Å². The van der Waals surface area contributed by atoms with Crippen molar-refractivity contribution >= 4 is 5.91 Å². The summed E-state index contributed by atoms with van der Waals surface area (Å²) >= 11 is 0. The topological polar surface area (TPSA) is 89.3 Å². The van der Waals surface area contributed by atoms with Crippen LogP contribution in [0.4, 0.5) is 26.3 Å². The lowest BCUT2D eigenvalue weighted by Gasteiger charge is -2.15. The van der Waals surface area contributed by atoms with Gasteiger partial charge in [0.25, 0.3) is 5.91 Å². The number of hydrogen-bond acceptors (Lipinski definition) is 6. The zero-order valence-corrected chi connectivity index (χ0v) is 14.2. The molecule has 0 aliphatic heterocycles. The number of hydrogen-bond donors (Lipinski definition) is 2. The Hall–Kier alpha value is -2.67. The van der Waals surface area contributed by atoms with Crippen molar-refractivity contribution in [2.24, 2.45) is 0 Å². The van der Waals surface area contributed by atoms with E-state index in [0.29, 0.717) is 0 Å². The van der Waals surface area contributed by atoms with Crippen LogP contribution in [0.3, 0.4) is 0 Å². The minimum Gasteiger partial charge on any atom is -0.350 e. The van der Waals surface area contributed by atoms with Crippen molar-refractivity contribution < 1.29 is 40.5 Å². The minimum atomic E-state index is -4.76. The van der Waals surface area contributed by atoms with E-state index in [-0.39, 0.29) is 23.5 Å². The third-order valence-electron chi connectivity index (χ3n) is 3.16. The molecule has 1 unspecified atom stereocenters. The van der Waals surface area contributed by atoms with Gasteiger partial charge in [-0.1, -0.05) is 17.3 Å². The summed E-state index contributed by atoms with van der Waals surface area (Å²) in [6.07, 6.45) is -9.24. The van der Waals surface area contributed by atoms with Gasteiger partial charge >= 0.3 is 18.2 Å². The van der Waals surface area contributed by atoms with Crippen molar-refractivity contribution in [2.75, 3.05) is 13.2 Å². The van der Waals surface area contributed by atoms with Crippen molar-refractivity contribution in [3.63, 3.8) is 0 Å². The van der Waals surface area contributed by atoms with Crippen LogP contribution in [0, 0.1) is 0 Å². The largest absolute Gasteiger partial charge is 0.471 e. The van der Waals surface area contributed by atoms with Crippen LogP contribution in [-0.2, 0) is 11.0 Å².